The minimum Gasteiger partial charge on any atom is -0.354 e. The molecule has 2 aromatic rings. The second kappa shape index (κ2) is 8.34. The second-order valence-corrected chi connectivity index (χ2v) is 6.81. The number of rotatable bonds is 6. The Hall–Kier alpha value is -1.56. The fraction of sp³-hybridized carbons (Fsp3) is 0.250. The molecule has 0 radical (unpaired) electrons. The zero-order valence-corrected chi connectivity index (χ0v) is 14.8. The van der Waals surface area contributed by atoms with E-state index in [0.717, 1.165) is 4.88 Å². The topological polar surface area (TPSA) is 49.4 Å². The molecule has 1 heterocycles. The van der Waals surface area contributed by atoms with Crippen molar-refractivity contribution in [2.45, 2.75) is 13.3 Å². The van der Waals surface area contributed by atoms with Crippen molar-refractivity contribution < 1.29 is 9.59 Å². The van der Waals surface area contributed by atoms with Crippen molar-refractivity contribution in [2.24, 2.45) is 0 Å². The maximum atomic E-state index is 11.9. The summed E-state index contributed by atoms with van der Waals surface area (Å²) in [6.07, 6.45) is 0.348. The van der Waals surface area contributed by atoms with Crippen molar-refractivity contribution in [3.63, 3.8) is 0 Å². The lowest BCUT2D eigenvalue weighted by atomic mass is 10.2. The van der Waals surface area contributed by atoms with E-state index in [0.29, 0.717) is 35.2 Å². The molecule has 0 bridgehead atoms. The molecular weight excluding hydrogens is 355 g/mol. The fourth-order valence-electron chi connectivity index (χ4n) is 2.10. The predicted molar refractivity (Wildman–Crippen MR) is 95.5 cm³/mol. The summed E-state index contributed by atoms with van der Waals surface area (Å²) in [5.74, 6) is -0.212. The lowest BCUT2D eigenvalue weighted by Crippen LogP contribution is -2.38. The van der Waals surface area contributed by atoms with Gasteiger partial charge in [0.25, 0.3) is 0 Å². The van der Waals surface area contributed by atoms with Crippen molar-refractivity contribution in [1.29, 1.82) is 0 Å². The van der Waals surface area contributed by atoms with Gasteiger partial charge in [-0.2, -0.15) is 0 Å². The molecule has 7 heteroatoms. The number of carbonyl (C=O) groups is 2. The molecule has 1 N–H and O–H groups in total. The highest BCUT2D eigenvalue weighted by Crippen LogP contribution is 2.25. The first kappa shape index (κ1) is 17.8. The SMILES string of the molecule is CC(=O)N(CCNC(=O)Cc1cccs1)c1cc(Cl)cc(Cl)c1. The highest BCUT2D eigenvalue weighted by molar-refractivity contribution is 7.10. The van der Waals surface area contributed by atoms with E-state index in [1.807, 2.05) is 17.5 Å². The molecule has 0 aliphatic heterocycles. The zero-order valence-electron chi connectivity index (χ0n) is 12.5. The summed E-state index contributed by atoms with van der Waals surface area (Å²) >= 11 is 13.5. The average molecular weight is 371 g/mol. The van der Waals surface area contributed by atoms with Gasteiger partial charge in [-0.1, -0.05) is 29.3 Å². The van der Waals surface area contributed by atoms with E-state index in [1.54, 1.807) is 29.5 Å². The molecule has 0 spiro atoms. The number of amides is 2. The van der Waals surface area contributed by atoms with Crippen LogP contribution in [0.2, 0.25) is 10.0 Å². The van der Waals surface area contributed by atoms with Crippen LogP contribution in [0.3, 0.4) is 0 Å². The van der Waals surface area contributed by atoms with Gasteiger partial charge in [0.2, 0.25) is 11.8 Å². The van der Waals surface area contributed by atoms with E-state index < -0.39 is 0 Å². The van der Waals surface area contributed by atoms with Gasteiger partial charge >= 0.3 is 0 Å². The summed E-state index contributed by atoms with van der Waals surface area (Å²) in [6, 6.07) is 8.77. The van der Waals surface area contributed by atoms with Crippen LogP contribution in [0.15, 0.2) is 35.7 Å². The molecule has 0 unspecified atom stereocenters. The highest BCUT2D eigenvalue weighted by atomic mass is 35.5. The van der Waals surface area contributed by atoms with Gasteiger partial charge in [0.05, 0.1) is 6.42 Å². The summed E-state index contributed by atoms with van der Waals surface area (Å²) in [7, 11) is 0. The smallest absolute Gasteiger partial charge is 0.225 e. The Bertz CT molecular complexity index is 669. The molecule has 0 fully saturated rings. The van der Waals surface area contributed by atoms with E-state index in [1.165, 1.54) is 11.8 Å². The summed E-state index contributed by atoms with van der Waals surface area (Å²) in [6.45, 7) is 2.17. The normalized spacial score (nSPS) is 10.4. The molecule has 0 aliphatic rings. The van der Waals surface area contributed by atoms with Gasteiger partial charge in [-0.25, -0.2) is 0 Å². The molecule has 23 heavy (non-hydrogen) atoms. The molecule has 1 aromatic carbocycles. The number of nitrogens with one attached hydrogen (secondary N) is 1. The monoisotopic (exact) mass is 370 g/mol. The van der Waals surface area contributed by atoms with Crippen molar-refractivity contribution in [2.75, 3.05) is 18.0 Å². The lowest BCUT2D eigenvalue weighted by molar-refractivity contribution is -0.120. The Labute approximate surface area is 149 Å². The van der Waals surface area contributed by atoms with E-state index in [9.17, 15) is 9.59 Å². The molecule has 0 aliphatic carbocycles. The first-order valence-corrected chi connectivity index (χ1v) is 8.62. The Morgan fingerprint density at radius 3 is 2.48 bits per heavy atom. The minimum atomic E-state index is -0.143. The summed E-state index contributed by atoms with van der Waals surface area (Å²) in [5, 5.41) is 5.66. The highest BCUT2D eigenvalue weighted by Gasteiger charge is 2.13. The van der Waals surface area contributed by atoms with Crippen LogP contribution in [0.1, 0.15) is 11.8 Å². The van der Waals surface area contributed by atoms with Gasteiger partial charge in [-0.05, 0) is 29.6 Å². The van der Waals surface area contributed by atoms with E-state index in [-0.39, 0.29) is 11.8 Å². The Morgan fingerprint density at radius 2 is 1.91 bits per heavy atom. The van der Waals surface area contributed by atoms with Gasteiger partial charge in [-0.3, -0.25) is 9.59 Å². The van der Waals surface area contributed by atoms with E-state index in [2.05, 4.69) is 5.32 Å². The molecule has 1 aromatic heterocycles. The van der Waals surface area contributed by atoms with Gasteiger partial charge in [0.1, 0.15) is 0 Å². The van der Waals surface area contributed by atoms with Crippen molar-refractivity contribution in [3.8, 4) is 0 Å². The molecule has 0 saturated carbocycles. The number of halogens is 2. The molecule has 122 valence electrons. The number of hydrogen-bond donors (Lipinski definition) is 1. The third kappa shape index (κ3) is 5.53. The van der Waals surface area contributed by atoms with Crippen molar-refractivity contribution >= 4 is 52.0 Å². The van der Waals surface area contributed by atoms with Crippen molar-refractivity contribution in [1.82, 2.24) is 5.32 Å². The van der Waals surface area contributed by atoms with E-state index in [4.69, 9.17) is 23.2 Å². The van der Waals surface area contributed by atoms with Crippen molar-refractivity contribution in [3.05, 3.63) is 50.6 Å². The standard InChI is InChI=1S/C16H16Cl2N2O2S/c1-11(21)20(14-8-12(17)7-13(18)9-14)5-4-19-16(22)10-15-3-2-6-23-15/h2-3,6-9H,4-5,10H2,1H3,(H,19,22). The minimum absolute atomic E-state index is 0.0694. The first-order chi connectivity index (χ1) is 11.0. The average Bonchev–Trinajstić information content (AvgIpc) is 2.94. The van der Waals surface area contributed by atoms with Gasteiger partial charge in [0.15, 0.2) is 0 Å². The molecule has 2 rings (SSSR count). The maximum absolute atomic E-state index is 11.9. The molecule has 0 atom stereocenters. The molecule has 0 saturated heterocycles. The maximum Gasteiger partial charge on any atom is 0.225 e. The Kier molecular flexibility index (Phi) is 6.45. The van der Waals surface area contributed by atoms with Crippen LogP contribution in [0.4, 0.5) is 5.69 Å². The lowest BCUT2D eigenvalue weighted by Gasteiger charge is -2.22. The van der Waals surface area contributed by atoms with Gasteiger partial charge in [-0.15, -0.1) is 11.3 Å². The van der Waals surface area contributed by atoms with Crippen LogP contribution in [0.5, 0.6) is 0 Å². The summed E-state index contributed by atoms with van der Waals surface area (Å²) in [5.41, 5.74) is 0.613. The summed E-state index contributed by atoms with van der Waals surface area (Å²) < 4.78 is 0. The van der Waals surface area contributed by atoms with Crippen LogP contribution in [-0.2, 0) is 16.0 Å². The van der Waals surface area contributed by atoms with Crippen LogP contribution < -0.4 is 10.2 Å². The van der Waals surface area contributed by atoms with Gasteiger partial charge < -0.3 is 10.2 Å². The Balaban J connectivity index is 1.92. The van der Waals surface area contributed by atoms with Crippen LogP contribution >= 0.6 is 34.5 Å². The van der Waals surface area contributed by atoms with Gasteiger partial charge in [0, 0.05) is 40.6 Å². The number of thiophene rings is 1. The first-order valence-electron chi connectivity index (χ1n) is 6.99. The fourth-order valence-corrected chi connectivity index (χ4v) is 3.32. The number of nitrogens with zero attached hydrogens (tertiary/aromatic N) is 1. The number of benzene rings is 1. The zero-order chi connectivity index (χ0) is 16.8. The largest absolute Gasteiger partial charge is 0.354 e. The van der Waals surface area contributed by atoms with E-state index >= 15 is 0 Å². The molecule has 4 nitrogen and oxygen atoms in total. The third-order valence-electron chi connectivity index (χ3n) is 3.11. The third-order valence-corrected chi connectivity index (χ3v) is 4.42. The number of anilines is 1. The molecule has 2 amide bonds. The van der Waals surface area contributed by atoms with Crippen LogP contribution in [-0.4, -0.2) is 24.9 Å². The predicted octanol–water partition coefficient (Wildman–Crippen LogP) is 3.77. The van der Waals surface area contributed by atoms with Crippen LogP contribution in [0.25, 0.3) is 0 Å². The molecular formula is C16H16Cl2N2O2S. The quantitative estimate of drug-likeness (QED) is 0.841. The number of hydrogen-bond acceptors (Lipinski definition) is 3. The van der Waals surface area contributed by atoms with Crippen LogP contribution in [0, 0.1) is 0 Å². The Morgan fingerprint density at radius 1 is 1.22 bits per heavy atom. The number of carbonyl (C=O) groups excluding carboxylic acids is 2. The summed E-state index contributed by atoms with van der Waals surface area (Å²) in [4.78, 5) is 26.2. The second-order valence-electron chi connectivity index (χ2n) is 4.90.